The van der Waals surface area contributed by atoms with Crippen molar-refractivity contribution in [2.24, 2.45) is 5.92 Å². The Morgan fingerprint density at radius 2 is 2.00 bits per heavy atom. The van der Waals surface area contributed by atoms with Crippen LogP contribution in [0.25, 0.3) is 0 Å². The second kappa shape index (κ2) is 7.68. The Kier molecular flexibility index (Phi) is 5.90. The van der Waals surface area contributed by atoms with Crippen LogP contribution in [0.2, 0.25) is 0 Å². The third kappa shape index (κ3) is 3.99. The van der Waals surface area contributed by atoms with Crippen molar-refractivity contribution in [1.29, 1.82) is 0 Å². The molecule has 1 aliphatic rings. The Morgan fingerprint density at radius 1 is 1.25 bits per heavy atom. The van der Waals surface area contributed by atoms with Crippen LogP contribution in [-0.4, -0.2) is 12.6 Å². The van der Waals surface area contributed by atoms with Gasteiger partial charge in [-0.3, -0.25) is 0 Å². The van der Waals surface area contributed by atoms with Crippen molar-refractivity contribution < 1.29 is 4.74 Å². The van der Waals surface area contributed by atoms with E-state index in [0.29, 0.717) is 18.1 Å². The van der Waals surface area contributed by atoms with Crippen LogP contribution in [0, 0.1) is 5.92 Å². The Hall–Kier alpha value is -1.02. The zero-order valence-corrected chi connectivity index (χ0v) is 13.2. The minimum absolute atomic E-state index is 0.352. The molecular formula is C18H29NO. The second-order valence-electron chi connectivity index (χ2n) is 6.13. The number of hydrogen-bond donors (Lipinski definition) is 1. The lowest BCUT2D eigenvalue weighted by molar-refractivity contribution is 0.101. The summed E-state index contributed by atoms with van der Waals surface area (Å²) in [4.78, 5) is 0. The van der Waals surface area contributed by atoms with E-state index in [1.165, 1.54) is 31.2 Å². The molecule has 0 heterocycles. The zero-order valence-electron chi connectivity index (χ0n) is 13.2. The molecule has 2 heteroatoms. The molecule has 0 spiro atoms. The van der Waals surface area contributed by atoms with Gasteiger partial charge < -0.3 is 10.1 Å². The highest BCUT2D eigenvalue weighted by Crippen LogP contribution is 2.31. The molecule has 112 valence electrons. The first-order valence-corrected chi connectivity index (χ1v) is 8.21. The highest BCUT2D eigenvalue weighted by molar-refractivity contribution is 5.35. The SMILES string of the molecule is CCCNC(C)c1ccccc1OC1CCCCC1C. The van der Waals surface area contributed by atoms with Crippen LogP contribution in [0.15, 0.2) is 24.3 Å². The molecule has 1 fully saturated rings. The standard InChI is InChI=1S/C18H29NO/c1-4-13-19-15(3)16-10-6-8-12-18(16)20-17-11-7-5-9-14(17)2/h6,8,10,12,14-15,17,19H,4-5,7,9,11,13H2,1-3H3. The van der Waals surface area contributed by atoms with Crippen molar-refractivity contribution in [2.75, 3.05) is 6.54 Å². The second-order valence-corrected chi connectivity index (χ2v) is 6.13. The van der Waals surface area contributed by atoms with Gasteiger partial charge in [0.15, 0.2) is 0 Å². The fraction of sp³-hybridized carbons (Fsp3) is 0.667. The number of ether oxygens (including phenoxy) is 1. The molecule has 0 aromatic heterocycles. The lowest BCUT2D eigenvalue weighted by Crippen LogP contribution is -2.29. The first kappa shape index (κ1) is 15.4. The first-order valence-electron chi connectivity index (χ1n) is 8.21. The number of para-hydroxylation sites is 1. The monoisotopic (exact) mass is 275 g/mol. The van der Waals surface area contributed by atoms with Gasteiger partial charge >= 0.3 is 0 Å². The average molecular weight is 275 g/mol. The van der Waals surface area contributed by atoms with Crippen molar-refractivity contribution in [3.63, 3.8) is 0 Å². The Morgan fingerprint density at radius 3 is 2.75 bits per heavy atom. The minimum Gasteiger partial charge on any atom is -0.490 e. The quantitative estimate of drug-likeness (QED) is 0.812. The fourth-order valence-corrected chi connectivity index (χ4v) is 3.04. The minimum atomic E-state index is 0.352. The number of nitrogens with one attached hydrogen (secondary N) is 1. The topological polar surface area (TPSA) is 21.3 Å². The number of rotatable bonds is 6. The Bertz CT molecular complexity index is 404. The molecule has 1 saturated carbocycles. The van der Waals surface area contributed by atoms with Gasteiger partial charge in [-0.2, -0.15) is 0 Å². The van der Waals surface area contributed by atoms with E-state index in [9.17, 15) is 0 Å². The number of benzene rings is 1. The predicted octanol–water partition coefficient (Wildman–Crippen LogP) is 4.70. The van der Waals surface area contributed by atoms with Crippen molar-refractivity contribution in [2.45, 2.75) is 65.0 Å². The van der Waals surface area contributed by atoms with Crippen LogP contribution >= 0.6 is 0 Å². The zero-order chi connectivity index (χ0) is 14.4. The summed E-state index contributed by atoms with van der Waals surface area (Å²) in [5, 5.41) is 3.56. The van der Waals surface area contributed by atoms with Gasteiger partial charge in [0.2, 0.25) is 0 Å². The molecular weight excluding hydrogens is 246 g/mol. The smallest absolute Gasteiger partial charge is 0.124 e. The molecule has 0 aliphatic heterocycles. The lowest BCUT2D eigenvalue weighted by Gasteiger charge is -2.30. The number of hydrogen-bond acceptors (Lipinski definition) is 2. The molecule has 0 saturated heterocycles. The van der Waals surface area contributed by atoms with Gasteiger partial charge in [-0.25, -0.2) is 0 Å². The summed E-state index contributed by atoms with van der Waals surface area (Å²) < 4.78 is 6.36. The van der Waals surface area contributed by atoms with Gasteiger partial charge in [-0.15, -0.1) is 0 Å². The van der Waals surface area contributed by atoms with Gasteiger partial charge in [0.05, 0.1) is 0 Å². The van der Waals surface area contributed by atoms with Crippen molar-refractivity contribution in [3.8, 4) is 5.75 Å². The van der Waals surface area contributed by atoms with Crippen molar-refractivity contribution in [3.05, 3.63) is 29.8 Å². The van der Waals surface area contributed by atoms with Gasteiger partial charge in [-0.1, -0.05) is 38.5 Å². The Balaban J connectivity index is 2.06. The molecule has 1 aromatic rings. The highest BCUT2D eigenvalue weighted by atomic mass is 16.5. The van der Waals surface area contributed by atoms with E-state index >= 15 is 0 Å². The van der Waals surface area contributed by atoms with E-state index in [1.807, 2.05) is 0 Å². The predicted molar refractivity (Wildman–Crippen MR) is 85.2 cm³/mol. The van der Waals surface area contributed by atoms with Crippen molar-refractivity contribution >= 4 is 0 Å². The maximum Gasteiger partial charge on any atom is 0.124 e. The molecule has 0 amide bonds. The van der Waals surface area contributed by atoms with Crippen LogP contribution in [0.4, 0.5) is 0 Å². The average Bonchev–Trinajstić information content (AvgIpc) is 2.48. The van der Waals surface area contributed by atoms with Crippen LogP contribution in [0.1, 0.15) is 64.5 Å². The van der Waals surface area contributed by atoms with Crippen LogP contribution in [0.3, 0.4) is 0 Å². The third-order valence-electron chi connectivity index (χ3n) is 4.40. The van der Waals surface area contributed by atoms with Gasteiger partial charge in [0.25, 0.3) is 0 Å². The summed E-state index contributed by atoms with van der Waals surface area (Å²) in [5.41, 5.74) is 1.29. The summed E-state index contributed by atoms with van der Waals surface area (Å²) in [5.74, 6) is 1.75. The summed E-state index contributed by atoms with van der Waals surface area (Å²) in [7, 11) is 0. The molecule has 1 aromatic carbocycles. The van der Waals surface area contributed by atoms with Crippen LogP contribution < -0.4 is 10.1 Å². The molecule has 2 nitrogen and oxygen atoms in total. The van der Waals surface area contributed by atoms with E-state index in [4.69, 9.17) is 4.74 Å². The van der Waals surface area contributed by atoms with Gasteiger partial charge in [-0.05, 0) is 51.1 Å². The van der Waals surface area contributed by atoms with Gasteiger partial charge in [0, 0.05) is 11.6 Å². The summed E-state index contributed by atoms with van der Waals surface area (Å²) in [6.07, 6.45) is 6.72. The van der Waals surface area contributed by atoms with Crippen LogP contribution in [-0.2, 0) is 0 Å². The normalized spacial score (nSPS) is 24.4. The summed E-state index contributed by atoms with van der Waals surface area (Å²) in [6, 6.07) is 8.86. The maximum absolute atomic E-state index is 6.36. The largest absolute Gasteiger partial charge is 0.490 e. The Labute approximate surface area is 123 Å². The maximum atomic E-state index is 6.36. The molecule has 1 aliphatic carbocycles. The molecule has 2 rings (SSSR count). The lowest BCUT2D eigenvalue weighted by atomic mass is 9.88. The first-order chi connectivity index (χ1) is 9.72. The molecule has 20 heavy (non-hydrogen) atoms. The summed E-state index contributed by atoms with van der Waals surface area (Å²) in [6.45, 7) is 7.80. The van der Waals surface area contributed by atoms with Crippen molar-refractivity contribution in [1.82, 2.24) is 5.32 Å². The molecule has 0 radical (unpaired) electrons. The summed E-state index contributed by atoms with van der Waals surface area (Å²) >= 11 is 0. The van der Waals surface area contributed by atoms with E-state index in [-0.39, 0.29) is 0 Å². The van der Waals surface area contributed by atoms with E-state index in [0.717, 1.165) is 18.7 Å². The van der Waals surface area contributed by atoms with E-state index in [2.05, 4.69) is 50.4 Å². The van der Waals surface area contributed by atoms with E-state index < -0.39 is 0 Å². The fourth-order valence-electron chi connectivity index (χ4n) is 3.04. The molecule has 0 bridgehead atoms. The third-order valence-corrected chi connectivity index (χ3v) is 4.40. The van der Waals surface area contributed by atoms with Gasteiger partial charge in [0.1, 0.15) is 11.9 Å². The molecule has 3 atom stereocenters. The molecule has 3 unspecified atom stereocenters. The highest BCUT2D eigenvalue weighted by Gasteiger charge is 2.24. The molecule has 1 N–H and O–H groups in total. The van der Waals surface area contributed by atoms with Crippen LogP contribution in [0.5, 0.6) is 5.75 Å². The van der Waals surface area contributed by atoms with E-state index in [1.54, 1.807) is 0 Å².